The Hall–Kier alpha value is -2.25. The summed E-state index contributed by atoms with van der Waals surface area (Å²) in [6, 6.07) is 4.00. The molecule has 2 nitrogen and oxygen atoms in total. The van der Waals surface area contributed by atoms with Gasteiger partial charge in [-0.05, 0) is 17.7 Å². The van der Waals surface area contributed by atoms with Gasteiger partial charge < -0.3 is 4.98 Å². The Morgan fingerprint density at radius 2 is 1.57 bits per heavy atom. The second kappa shape index (κ2) is 4.94. The van der Waals surface area contributed by atoms with Crippen LogP contribution in [0.25, 0.3) is 11.1 Å². The van der Waals surface area contributed by atoms with E-state index < -0.39 is 34.6 Å². The van der Waals surface area contributed by atoms with Crippen molar-refractivity contribution in [2.24, 2.45) is 0 Å². The van der Waals surface area contributed by atoms with Crippen molar-refractivity contribution < 1.29 is 26.3 Å². The van der Waals surface area contributed by atoms with Gasteiger partial charge in [-0.1, -0.05) is 12.1 Å². The number of benzene rings is 1. The summed E-state index contributed by atoms with van der Waals surface area (Å²) >= 11 is 0. The number of hydrogen-bond acceptors (Lipinski definition) is 1. The Bertz CT molecular complexity index is 714. The van der Waals surface area contributed by atoms with Crippen LogP contribution in [-0.4, -0.2) is 4.98 Å². The molecule has 1 heterocycles. The van der Waals surface area contributed by atoms with Gasteiger partial charge in [0.1, 0.15) is 0 Å². The van der Waals surface area contributed by atoms with E-state index in [0.717, 1.165) is 18.2 Å². The highest BCUT2D eigenvalue weighted by molar-refractivity contribution is 5.68. The fourth-order valence-corrected chi connectivity index (χ4v) is 1.81. The van der Waals surface area contributed by atoms with Gasteiger partial charge in [0.05, 0.1) is 11.1 Å². The van der Waals surface area contributed by atoms with Crippen molar-refractivity contribution in [1.82, 2.24) is 4.98 Å². The number of halogens is 6. The fourth-order valence-electron chi connectivity index (χ4n) is 1.81. The molecule has 0 saturated carbocycles. The third kappa shape index (κ3) is 3.26. The minimum atomic E-state index is -4.80. The third-order valence-corrected chi connectivity index (χ3v) is 2.73. The van der Waals surface area contributed by atoms with Crippen molar-refractivity contribution in [1.29, 1.82) is 0 Å². The van der Waals surface area contributed by atoms with Crippen molar-refractivity contribution in [2.75, 3.05) is 0 Å². The molecular weight excluding hydrogens is 300 g/mol. The summed E-state index contributed by atoms with van der Waals surface area (Å²) in [6.07, 6.45) is -9.04. The molecule has 2 aromatic rings. The predicted molar refractivity (Wildman–Crippen MR) is 62.5 cm³/mol. The summed E-state index contributed by atoms with van der Waals surface area (Å²) in [5.74, 6) is 0. The van der Waals surface area contributed by atoms with Crippen LogP contribution in [0.1, 0.15) is 11.1 Å². The van der Waals surface area contributed by atoms with Gasteiger partial charge in [-0.25, -0.2) is 0 Å². The van der Waals surface area contributed by atoms with E-state index in [1.807, 2.05) is 4.98 Å². The second-order valence-electron chi connectivity index (χ2n) is 4.20. The molecule has 0 fully saturated rings. The van der Waals surface area contributed by atoms with Gasteiger partial charge in [-0.15, -0.1) is 0 Å². The summed E-state index contributed by atoms with van der Waals surface area (Å²) in [5.41, 5.74) is -4.06. The topological polar surface area (TPSA) is 32.9 Å². The maximum Gasteiger partial charge on any atom is 0.418 e. The standard InChI is InChI=1S/C13H7F6NO/c14-12(15,16)8-3-1-2-7(4-8)9-5-11(21)20-6-10(9)13(17,18)19/h1-6H,(H,20,21). The second-order valence-corrected chi connectivity index (χ2v) is 4.20. The van der Waals surface area contributed by atoms with Crippen LogP contribution in [0.5, 0.6) is 0 Å². The fraction of sp³-hybridized carbons (Fsp3) is 0.154. The predicted octanol–water partition coefficient (Wildman–Crippen LogP) is 4.08. The maximum atomic E-state index is 12.9. The van der Waals surface area contributed by atoms with Crippen molar-refractivity contribution >= 4 is 0 Å². The van der Waals surface area contributed by atoms with Crippen molar-refractivity contribution in [2.45, 2.75) is 12.4 Å². The van der Waals surface area contributed by atoms with Crippen molar-refractivity contribution in [3.8, 4) is 11.1 Å². The quantitative estimate of drug-likeness (QED) is 0.791. The molecule has 2 rings (SSSR count). The first kappa shape index (κ1) is 15.1. The average molecular weight is 307 g/mol. The zero-order chi connectivity index (χ0) is 15.8. The molecule has 0 bridgehead atoms. The van der Waals surface area contributed by atoms with E-state index in [1.165, 1.54) is 0 Å². The Kier molecular flexibility index (Phi) is 3.56. The molecule has 0 atom stereocenters. The first-order chi connectivity index (χ1) is 9.59. The maximum absolute atomic E-state index is 12.9. The number of alkyl halides is 6. The molecule has 0 aliphatic carbocycles. The van der Waals surface area contributed by atoms with Gasteiger partial charge in [0.25, 0.3) is 0 Å². The molecule has 8 heteroatoms. The summed E-state index contributed by atoms with van der Waals surface area (Å²) < 4.78 is 76.4. The van der Waals surface area contributed by atoms with E-state index in [2.05, 4.69) is 0 Å². The lowest BCUT2D eigenvalue weighted by atomic mass is 9.99. The number of H-pyrrole nitrogens is 1. The average Bonchev–Trinajstić information content (AvgIpc) is 2.36. The number of hydrogen-bond donors (Lipinski definition) is 1. The number of pyridine rings is 1. The molecule has 0 aliphatic rings. The van der Waals surface area contributed by atoms with Gasteiger partial charge >= 0.3 is 12.4 Å². The molecular formula is C13H7F6NO. The van der Waals surface area contributed by atoms with Crippen LogP contribution in [0.4, 0.5) is 26.3 Å². The lowest BCUT2D eigenvalue weighted by Crippen LogP contribution is -2.14. The summed E-state index contributed by atoms with van der Waals surface area (Å²) in [6.45, 7) is 0. The highest BCUT2D eigenvalue weighted by Gasteiger charge is 2.35. The van der Waals surface area contributed by atoms with Crippen LogP contribution in [0.3, 0.4) is 0 Å². The smallest absolute Gasteiger partial charge is 0.328 e. The van der Waals surface area contributed by atoms with Gasteiger partial charge in [-0.2, -0.15) is 26.3 Å². The summed E-state index contributed by atoms with van der Waals surface area (Å²) in [7, 11) is 0. The van der Waals surface area contributed by atoms with Crippen molar-refractivity contribution in [3.63, 3.8) is 0 Å². The lowest BCUT2D eigenvalue weighted by molar-refractivity contribution is -0.137. The molecule has 0 radical (unpaired) electrons. The highest BCUT2D eigenvalue weighted by Crippen LogP contribution is 2.37. The van der Waals surface area contributed by atoms with E-state index >= 15 is 0 Å². The Labute approximate surface area is 114 Å². The lowest BCUT2D eigenvalue weighted by Gasteiger charge is -2.13. The molecule has 1 aromatic heterocycles. The Balaban J connectivity index is 2.67. The van der Waals surface area contributed by atoms with Crippen LogP contribution in [-0.2, 0) is 12.4 Å². The molecule has 0 aliphatic heterocycles. The van der Waals surface area contributed by atoms with Gasteiger partial charge in [-0.3, -0.25) is 4.79 Å². The first-order valence-corrected chi connectivity index (χ1v) is 5.56. The van der Waals surface area contributed by atoms with Gasteiger partial charge in [0.2, 0.25) is 5.56 Å². The first-order valence-electron chi connectivity index (χ1n) is 5.56. The minimum Gasteiger partial charge on any atom is -0.328 e. The van der Waals surface area contributed by atoms with Crippen molar-refractivity contribution in [3.05, 3.63) is 58.0 Å². The zero-order valence-electron chi connectivity index (χ0n) is 10.1. The highest BCUT2D eigenvalue weighted by atomic mass is 19.4. The van der Waals surface area contributed by atoms with E-state index in [4.69, 9.17) is 0 Å². The van der Waals surface area contributed by atoms with Gasteiger partial charge in [0, 0.05) is 17.8 Å². The normalized spacial score (nSPS) is 12.5. The largest absolute Gasteiger partial charge is 0.418 e. The molecule has 1 aromatic carbocycles. The Morgan fingerprint density at radius 3 is 2.14 bits per heavy atom. The molecule has 112 valence electrons. The molecule has 0 unspecified atom stereocenters. The summed E-state index contributed by atoms with van der Waals surface area (Å²) in [4.78, 5) is 13.0. The van der Waals surface area contributed by atoms with Crippen LogP contribution < -0.4 is 5.56 Å². The van der Waals surface area contributed by atoms with Crippen LogP contribution in [0.2, 0.25) is 0 Å². The molecule has 0 amide bonds. The molecule has 21 heavy (non-hydrogen) atoms. The third-order valence-electron chi connectivity index (χ3n) is 2.73. The van der Waals surface area contributed by atoms with Crippen LogP contribution in [0, 0.1) is 0 Å². The molecule has 1 N–H and O–H groups in total. The number of nitrogens with one attached hydrogen (secondary N) is 1. The van der Waals surface area contributed by atoms with Crippen LogP contribution in [0.15, 0.2) is 41.3 Å². The molecule has 0 saturated heterocycles. The van der Waals surface area contributed by atoms with Crippen LogP contribution >= 0.6 is 0 Å². The van der Waals surface area contributed by atoms with Gasteiger partial charge in [0.15, 0.2) is 0 Å². The number of aromatic amines is 1. The molecule has 0 spiro atoms. The van der Waals surface area contributed by atoms with E-state index in [1.54, 1.807) is 0 Å². The monoisotopic (exact) mass is 307 g/mol. The van der Waals surface area contributed by atoms with E-state index in [9.17, 15) is 31.1 Å². The van der Waals surface area contributed by atoms with E-state index in [0.29, 0.717) is 18.3 Å². The SMILES string of the molecule is O=c1cc(-c2cccc(C(F)(F)F)c2)c(C(F)(F)F)c[nH]1. The minimum absolute atomic E-state index is 0.330. The number of aromatic nitrogens is 1. The summed E-state index contributed by atoms with van der Waals surface area (Å²) in [5, 5.41) is 0. The number of rotatable bonds is 1. The van der Waals surface area contributed by atoms with E-state index in [-0.39, 0.29) is 5.56 Å². The Morgan fingerprint density at radius 1 is 0.905 bits per heavy atom. The zero-order valence-corrected chi connectivity index (χ0v) is 10.1.